The Morgan fingerprint density at radius 1 is 0.848 bits per heavy atom. The van der Waals surface area contributed by atoms with Crippen LogP contribution < -0.4 is 5.73 Å². The number of carbonyl (C=O) groups excluding carboxylic acids is 2. The van der Waals surface area contributed by atoms with Gasteiger partial charge in [0.25, 0.3) is 0 Å². The molecule has 0 radical (unpaired) electrons. The average Bonchev–Trinajstić information content (AvgIpc) is 2.77. The van der Waals surface area contributed by atoms with Gasteiger partial charge in [-0.2, -0.15) is 0 Å². The highest BCUT2D eigenvalue weighted by Gasteiger charge is 2.25. The Hall–Kier alpha value is -0.990. The Kier molecular flexibility index (Phi) is 20.9. The van der Waals surface area contributed by atoms with Crippen LogP contribution >= 0.6 is 7.82 Å². The Morgan fingerprint density at radius 3 is 1.85 bits per heavy atom. The summed E-state index contributed by atoms with van der Waals surface area (Å²) in [6.45, 7) is 2.65. The van der Waals surface area contributed by atoms with Crippen molar-refractivity contribution in [3.05, 3.63) is 0 Å². The van der Waals surface area contributed by atoms with Crippen molar-refractivity contribution in [1.82, 2.24) is 0 Å². The highest BCUT2D eigenvalue weighted by atomic mass is 31.2. The van der Waals surface area contributed by atoms with E-state index in [1.165, 1.54) is 71.1 Å². The fourth-order valence-corrected chi connectivity index (χ4v) is 4.01. The number of ether oxygens (including phenoxy) is 2. The van der Waals surface area contributed by atoms with Crippen LogP contribution in [0.2, 0.25) is 0 Å². The van der Waals surface area contributed by atoms with Crippen molar-refractivity contribution in [1.29, 1.82) is 0 Å². The predicted octanol–water partition coefficient (Wildman–Crippen LogP) is 5.03. The summed E-state index contributed by atoms with van der Waals surface area (Å²) in [7, 11) is -4.32. The van der Waals surface area contributed by atoms with Gasteiger partial charge >= 0.3 is 19.8 Å². The summed E-state index contributed by atoms with van der Waals surface area (Å²) in [5.41, 5.74) is 5.22. The van der Waals surface area contributed by atoms with E-state index in [9.17, 15) is 19.0 Å². The van der Waals surface area contributed by atoms with Gasteiger partial charge in [-0.3, -0.25) is 18.6 Å². The lowest BCUT2D eigenvalue weighted by Gasteiger charge is -2.19. The number of nitrogens with two attached hydrogens (primary N) is 1. The highest BCUT2D eigenvalue weighted by molar-refractivity contribution is 7.47. The lowest BCUT2D eigenvalue weighted by molar-refractivity contribution is -0.160. The number of phosphoric ester groups is 1. The maximum Gasteiger partial charge on any atom is 0.472 e. The molecule has 0 aromatic rings. The van der Waals surface area contributed by atoms with E-state index in [1.807, 2.05) is 0 Å². The van der Waals surface area contributed by atoms with Gasteiger partial charge in [-0.05, 0) is 6.42 Å². The second-order valence-corrected chi connectivity index (χ2v) is 9.75. The van der Waals surface area contributed by atoms with Gasteiger partial charge in [-0.1, -0.05) is 84.0 Å². The summed E-state index contributed by atoms with van der Waals surface area (Å²) in [5, 5.41) is 0. The Morgan fingerprint density at radius 2 is 1.36 bits per heavy atom. The number of hydrogen-bond acceptors (Lipinski definition) is 8. The topological polar surface area (TPSA) is 134 Å². The molecule has 0 aromatic heterocycles. The zero-order valence-corrected chi connectivity index (χ0v) is 21.5. The van der Waals surface area contributed by atoms with Crippen LogP contribution in [0.25, 0.3) is 0 Å². The summed E-state index contributed by atoms with van der Waals surface area (Å²) in [4.78, 5) is 32.7. The molecule has 196 valence electrons. The molecule has 0 rings (SSSR count). The third-order valence-electron chi connectivity index (χ3n) is 5.05. The van der Waals surface area contributed by atoms with Gasteiger partial charge in [-0.15, -0.1) is 0 Å². The van der Waals surface area contributed by atoms with Crippen molar-refractivity contribution in [2.24, 2.45) is 5.73 Å². The largest absolute Gasteiger partial charge is 0.472 e. The molecular weight excluding hydrogens is 449 g/mol. The predicted molar refractivity (Wildman–Crippen MR) is 128 cm³/mol. The maximum absolute atomic E-state index is 12.1. The molecule has 0 amide bonds. The zero-order valence-electron chi connectivity index (χ0n) is 20.6. The standard InChI is InChI=1S/C23H46NO8P/c1-3-4-5-6-7-8-9-10-11-12-13-14-15-16-23(26)32-22(19-29-21(2)25)20-31-33(27,28)30-18-17-24/h22H,3-20,24H2,1-2H3,(H,27,28). The van der Waals surface area contributed by atoms with Crippen molar-refractivity contribution in [3.63, 3.8) is 0 Å². The molecule has 0 saturated heterocycles. The van der Waals surface area contributed by atoms with E-state index in [2.05, 4.69) is 11.4 Å². The molecule has 0 spiro atoms. The molecular formula is C23H46NO8P. The minimum absolute atomic E-state index is 0.0545. The van der Waals surface area contributed by atoms with E-state index >= 15 is 0 Å². The Bertz CT molecular complexity index is 547. The van der Waals surface area contributed by atoms with Crippen LogP contribution in [0.3, 0.4) is 0 Å². The molecule has 9 nitrogen and oxygen atoms in total. The lowest BCUT2D eigenvalue weighted by Crippen LogP contribution is -2.29. The quantitative estimate of drug-likeness (QED) is 0.114. The zero-order chi connectivity index (χ0) is 24.8. The van der Waals surface area contributed by atoms with Gasteiger partial charge in [0, 0.05) is 19.9 Å². The first-order valence-corrected chi connectivity index (χ1v) is 13.9. The van der Waals surface area contributed by atoms with Crippen LogP contribution in [0.4, 0.5) is 0 Å². The molecule has 0 aliphatic rings. The van der Waals surface area contributed by atoms with Crippen molar-refractivity contribution in [2.75, 3.05) is 26.4 Å². The Labute approximate surface area is 199 Å². The van der Waals surface area contributed by atoms with Gasteiger partial charge < -0.3 is 20.1 Å². The van der Waals surface area contributed by atoms with E-state index in [1.54, 1.807) is 0 Å². The SMILES string of the molecule is CCCCCCCCCCCCCCCC(=O)OC(COC(C)=O)COP(=O)(O)OCCN. The molecule has 33 heavy (non-hydrogen) atoms. The Balaban J connectivity index is 3.93. The molecule has 0 aliphatic carbocycles. The molecule has 0 fully saturated rings. The van der Waals surface area contributed by atoms with Crippen LogP contribution in [-0.2, 0) is 32.7 Å². The first kappa shape index (κ1) is 32.0. The van der Waals surface area contributed by atoms with Gasteiger partial charge in [-0.25, -0.2) is 4.57 Å². The smallest absolute Gasteiger partial charge is 0.462 e. The molecule has 3 N–H and O–H groups in total. The summed E-state index contributed by atoms with van der Waals surface area (Å²) in [6.07, 6.45) is 15.0. The van der Waals surface area contributed by atoms with E-state index in [-0.39, 0.29) is 26.2 Å². The third-order valence-corrected chi connectivity index (χ3v) is 6.04. The highest BCUT2D eigenvalue weighted by Crippen LogP contribution is 2.43. The van der Waals surface area contributed by atoms with Crippen molar-refractivity contribution >= 4 is 19.8 Å². The second-order valence-electron chi connectivity index (χ2n) is 8.29. The van der Waals surface area contributed by atoms with Gasteiger partial charge in [0.05, 0.1) is 13.2 Å². The van der Waals surface area contributed by atoms with Gasteiger partial charge in [0.15, 0.2) is 6.10 Å². The maximum atomic E-state index is 12.1. The number of phosphoric acid groups is 1. The fraction of sp³-hybridized carbons (Fsp3) is 0.913. The van der Waals surface area contributed by atoms with Crippen LogP contribution in [-0.4, -0.2) is 49.3 Å². The van der Waals surface area contributed by atoms with Crippen molar-refractivity contribution in [3.8, 4) is 0 Å². The minimum atomic E-state index is -4.32. The number of rotatable bonds is 23. The lowest BCUT2D eigenvalue weighted by atomic mass is 10.0. The van der Waals surface area contributed by atoms with Crippen molar-refractivity contribution < 1.29 is 37.6 Å². The molecule has 0 aliphatic heterocycles. The van der Waals surface area contributed by atoms with E-state index in [0.717, 1.165) is 12.8 Å². The number of esters is 2. The van der Waals surface area contributed by atoms with E-state index < -0.39 is 32.5 Å². The van der Waals surface area contributed by atoms with Crippen LogP contribution in [0.15, 0.2) is 0 Å². The minimum Gasteiger partial charge on any atom is -0.462 e. The molecule has 0 aromatic carbocycles. The third kappa shape index (κ3) is 22.6. The van der Waals surface area contributed by atoms with Crippen LogP contribution in [0.5, 0.6) is 0 Å². The summed E-state index contributed by atoms with van der Waals surface area (Å²) >= 11 is 0. The monoisotopic (exact) mass is 495 g/mol. The molecule has 0 heterocycles. The number of unbranched alkanes of at least 4 members (excludes halogenated alkanes) is 12. The normalized spacial score (nSPS) is 13.9. The fourth-order valence-electron chi connectivity index (χ4n) is 3.24. The first-order chi connectivity index (χ1) is 15.8. The van der Waals surface area contributed by atoms with Crippen LogP contribution in [0.1, 0.15) is 104 Å². The van der Waals surface area contributed by atoms with E-state index in [4.69, 9.17) is 19.7 Å². The first-order valence-electron chi connectivity index (χ1n) is 12.5. The second kappa shape index (κ2) is 21.5. The molecule has 0 bridgehead atoms. The average molecular weight is 496 g/mol. The number of hydrogen-bond donors (Lipinski definition) is 2. The van der Waals surface area contributed by atoms with Crippen LogP contribution in [0, 0.1) is 0 Å². The molecule has 10 heteroatoms. The molecule has 2 unspecified atom stereocenters. The summed E-state index contributed by atoms with van der Waals surface area (Å²) < 4.78 is 31.3. The summed E-state index contributed by atoms with van der Waals surface area (Å²) in [5.74, 6) is -1.02. The van der Waals surface area contributed by atoms with E-state index in [0.29, 0.717) is 6.42 Å². The number of carbonyl (C=O) groups is 2. The molecule has 0 saturated carbocycles. The van der Waals surface area contributed by atoms with Gasteiger partial charge in [0.1, 0.15) is 6.61 Å². The van der Waals surface area contributed by atoms with Gasteiger partial charge in [0.2, 0.25) is 0 Å². The molecule has 2 atom stereocenters. The van der Waals surface area contributed by atoms with Crippen molar-refractivity contribution in [2.45, 2.75) is 110 Å². The summed E-state index contributed by atoms with van der Waals surface area (Å²) in [6, 6.07) is 0.